The Balaban J connectivity index is 1.43. The highest BCUT2D eigenvalue weighted by molar-refractivity contribution is 8.15. The van der Waals surface area contributed by atoms with Crippen LogP contribution in [-0.4, -0.2) is 34.1 Å². The van der Waals surface area contributed by atoms with Crippen LogP contribution in [0.2, 0.25) is 0 Å². The fourth-order valence-corrected chi connectivity index (χ4v) is 4.13. The minimum absolute atomic E-state index is 0.0709. The summed E-state index contributed by atoms with van der Waals surface area (Å²) in [6.45, 7) is 1.78. The van der Waals surface area contributed by atoms with Crippen molar-refractivity contribution >= 4 is 34.5 Å². The number of hydrogen-bond acceptors (Lipinski definition) is 6. The van der Waals surface area contributed by atoms with Gasteiger partial charge >= 0.3 is 5.97 Å². The minimum Gasteiger partial charge on any atom is -0.452 e. The smallest absolute Gasteiger partial charge is 0.339 e. The third-order valence-electron chi connectivity index (χ3n) is 4.70. The van der Waals surface area contributed by atoms with E-state index in [1.165, 1.54) is 11.8 Å². The predicted molar refractivity (Wildman–Crippen MR) is 110 cm³/mol. The van der Waals surface area contributed by atoms with E-state index in [9.17, 15) is 9.59 Å². The van der Waals surface area contributed by atoms with Crippen LogP contribution in [0.3, 0.4) is 0 Å². The standard InChI is InChI=1S/C21H19N3O3S/c1-13(17-12-15-9-5-6-10-16(15)20(26)27-17)23-24-21-22-19(25)18(28-21)11-14-7-3-2-4-8-14/h2-10,17-18H,11-12H2,1H3,(H,22,24,25)/b23-13+. The van der Waals surface area contributed by atoms with Crippen LogP contribution < -0.4 is 5.32 Å². The number of esters is 1. The zero-order valence-electron chi connectivity index (χ0n) is 15.3. The number of amidine groups is 1. The topological polar surface area (TPSA) is 80.1 Å². The van der Waals surface area contributed by atoms with Crippen molar-refractivity contribution in [2.45, 2.75) is 31.1 Å². The SMILES string of the molecule is C/C(=N\N=C1\NC(=O)C(Cc2ccccc2)S1)C1Cc2ccccc2C(=O)O1. The van der Waals surface area contributed by atoms with E-state index in [0.29, 0.717) is 29.3 Å². The highest BCUT2D eigenvalue weighted by atomic mass is 32.2. The van der Waals surface area contributed by atoms with E-state index >= 15 is 0 Å². The molecule has 0 saturated carbocycles. The molecule has 2 aromatic carbocycles. The first-order valence-corrected chi connectivity index (χ1v) is 9.90. The van der Waals surface area contributed by atoms with Gasteiger partial charge in [-0.2, -0.15) is 5.10 Å². The molecule has 2 unspecified atom stereocenters. The van der Waals surface area contributed by atoms with E-state index in [2.05, 4.69) is 15.5 Å². The summed E-state index contributed by atoms with van der Waals surface area (Å²) in [4.78, 5) is 24.3. The lowest BCUT2D eigenvalue weighted by molar-refractivity contribution is -0.118. The number of nitrogens with zero attached hydrogens (tertiary/aromatic N) is 2. The molecule has 1 N–H and O–H groups in total. The van der Waals surface area contributed by atoms with Gasteiger partial charge in [-0.3, -0.25) is 4.79 Å². The Morgan fingerprint density at radius 1 is 1.14 bits per heavy atom. The molecule has 0 radical (unpaired) electrons. The number of fused-ring (bicyclic) bond motifs is 1. The maximum Gasteiger partial charge on any atom is 0.339 e. The summed E-state index contributed by atoms with van der Waals surface area (Å²) in [7, 11) is 0. The maximum atomic E-state index is 12.2. The second-order valence-electron chi connectivity index (χ2n) is 6.69. The van der Waals surface area contributed by atoms with Crippen LogP contribution in [0.1, 0.15) is 28.4 Å². The van der Waals surface area contributed by atoms with E-state index in [0.717, 1.165) is 11.1 Å². The molecule has 0 aliphatic carbocycles. The van der Waals surface area contributed by atoms with Crippen molar-refractivity contribution in [2.24, 2.45) is 10.2 Å². The number of nitrogens with one attached hydrogen (secondary N) is 1. The quantitative estimate of drug-likeness (QED) is 0.492. The van der Waals surface area contributed by atoms with Crippen LogP contribution in [-0.2, 0) is 22.4 Å². The fraction of sp³-hybridized carbons (Fsp3) is 0.238. The van der Waals surface area contributed by atoms with Gasteiger partial charge in [0, 0.05) is 6.42 Å². The normalized spacial score (nSPS) is 23.3. The number of ether oxygens (including phenoxy) is 1. The average molecular weight is 393 g/mol. The van der Waals surface area contributed by atoms with Crippen LogP contribution >= 0.6 is 11.8 Å². The van der Waals surface area contributed by atoms with Crippen molar-refractivity contribution in [1.82, 2.24) is 5.32 Å². The first kappa shape index (κ1) is 18.4. The molecule has 2 aromatic rings. The van der Waals surface area contributed by atoms with Crippen molar-refractivity contribution in [1.29, 1.82) is 0 Å². The monoisotopic (exact) mass is 393 g/mol. The summed E-state index contributed by atoms with van der Waals surface area (Å²) < 4.78 is 5.48. The number of cyclic esters (lactones) is 1. The van der Waals surface area contributed by atoms with Gasteiger partial charge in [-0.15, -0.1) is 5.10 Å². The van der Waals surface area contributed by atoms with Crippen molar-refractivity contribution in [3.8, 4) is 0 Å². The summed E-state index contributed by atoms with van der Waals surface area (Å²) in [5, 5.41) is 11.4. The number of thioether (sulfide) groups is 1. The molecule has 0 bridgehead atoms. The summed E-state index contributed by atoms with van der Waals surface area (Å²) in [5.41, 5.74) is 3.23. The summed E-state index contributed by atoms with van der Waals surface area (Å²) in [5.74, 6) is -0.418. The van der Waals surface area contributed by atoms with Gasteiger partial charge < -0.3 is 10.1 Å². The van der Waals surface area contributed by atoms with Crippen molar-refractivity contribution in [2.75, 3.05) is 0 Å². The molecule has 2 aliphatic heterocycles. The lowest BCUT2D eigenvalue weighted by Gasteiger charge is -2.23. The number of rotatable bonds is 4. The van der Waals surface area contributed by atoms with Gasteiger partial charge in [0.05, 0.1) is 16.5 Å². The summed E-state index contributed by atoms with van der Waals surface area (Å²) in [6, 6.07) is 17.3. The summed E-state index contributed by atoms with van der Waals surface area (Å²) in [6.07, 6.45) is 0.753. The molecule has 4 rings (SSSR count). The van der Waals surface area contributed by atoms with Crippen molar-refractivity contribution in [3.63, 3.8) is 0 Å². The van der Waals surface area contributed by atoms with Gasteiger partial charge in [0.1, 0.15) is 6.10 Å². The number of amides is 1. The Labute approximate surface area is 167 Å². The number of carbonyl (C=O) groups excluding carboxylic acids is 2. The van der Waals surface area contributed by atoms with Gasteiger partial charge in [0.25, 0.3) is 0 Å². The van der Waals surface area contributed by atoms with E-state index in [-0.39, 0.29) is 17.1 Å². The largest absolute Gasteiger partial charge is 0.452 e. The molecule has 2 atom stereocenters. The number of hydrogen-bond donors (Lipinski definition) is 1. The lowest BCUT2D eigenvalue weighted by Crippen LogP contribution is -2.33. The highest BCUT2D eigenvalue weighted by Crippen LogP contribution is 2.24. The molecule has 1 amide bonds. The lowest BCUT2D eigenvalue weighted by atomic mass is 9.97. The molecular formula is C21H19N3O3S. The number of carbonyl (C=O) groups is 2. The van der Waals surface area contributed by atoms with Gasteiger partial charge in [-0.1, -0.05) is 60.3 Å². The van der Waals surface area contributed by atoms with E-state index < -0.39 is 6.10 Å². The van der Waals surface area contributed by atoms with Crippen molar-refractivity contribution < 1.29 is 14.3 Å². The maximum absolute atomic E-state index is 12.2. The van der Waals surface area contributed by atoms with Crippen LogP contribution in [0.5, 0.6) is 0 Å². The number of benzene rings is 2. The third-order valence-corrected chi connectivity index (χ3v) is 5.77. The Morgan fingerprint density at radius 2 is 1.89 bits per heavy atom. The molecule has 1 saturated heterocycles. The molecular weight excluding hydrogens is 374 g/mol. The van der Waals surface area contributed by atoms with Crippen LogP contribution in [0.4, 0.5) is 0 Å². The molecule has 28 heavy (non-hydrogen) atoms. The van der Waals surface area contributed by atoms with Gasteiger partial charge in [0.15, 0.2) is 5.17 Å². The Bertz CT molecular complexity index is 972. The molecule has 2 aliphatic rings. The van der Waals surface area contributed by atoms with E-state index in [4.69, 9.17) is 4.74 Å². The van der Waals surface area contributed by atoms with Gasteiger partial charge in [-0.25, -0.2) is 4.79 Å². The molecule has 2 heterocycles. The second kappa shape index (κ2) is 7.98. The van der Waals surface area contributed by atoms with E-state index in [1.807, 2.05) is 48.5 Å². The van der Waals surface area contributed by atoms with Crippen LogP contribution in [0.15, 0.2) is 64.8 Å². The molecule has 7 heteroatoms. The Morgan fingerprint density at radius 3 is 2.71 bits per heavy atom. The minimum atomic E-state index is -0.450. The van der Waals surface area contributed by atoms with Crippen LogP contribution in [0, 0.1) is 0 Å². The van der Waals surface area contributed by atoms with E-state index in [1.54, 1.807) is 13.0 Å². The predicted octanol–water partition coefficient (Wildman–Crippen LogP) is 2.97. The molecule has 6 nitrogen and oxygen atoms in total. The highest BCUT2D eigenvalue weighted by Gasteiger charge is 2.31. The third kappa shape index (κ3) is 3.99. The molecule has 1 fully saturated rings. The first-order valence-electron chi connectivity index (χ1n) is 9.02. The molecule has 142 valence electrons. The van der Waals surface area contributed by atoms with Gasteiger partial charge in [0.2, 0.25) is 5.91 Å². The van der Waals surface area contributed by atoms with Crippen LogP contribution in [0.25, 0.3) is 0 Å². The van der Waals surface area contributed by atoms with Crippen molar-refractivity contribution in [3.05, 3.63) is 71.3 Å². The first-order chi connectivity index (χ1) is 13.6. The molecule has 0 spiro atoms. The second-order valence-corrected chi connectivity index (χ2v) is 7.88. The summed E-state index contributed by atoms with van der Waals surface area (Å²) >= 11 is 1.37. The Kier molecular flexibility index (Phi) is 5.25. The van der Waals surface area contributed by atoms with Gasteiger partial charge in [-0.05, 0) is 30.5 Å². The fourth-order valence-electron chi connectivity index (χ4n) is 3.17. The average Bonchev–Trinajstić information content (AvgIpc) is 3.06. The Hall–Kier alpha value is -2.93. The zero-order valence-corrected chi connectivity index (χ0v) is 16.1. The molecule has 0 aromatic heterocycles. The zero-order chi connectivity index (χ0) is 19.5.